The van der Waals surface area contributed by atoms with Gasteiger partial charge in [0.2, 0.25) is 21.8 Å². The maximum absolute atomic E-state index is 13.3. The number of fused-ring (bicyclic) bond motifs is 1. The molecule has 2 aliphatic heterocycles. The van der Waals surface area contributed by atoms with Gasteiger partial charge in [-0.05, 0) is 68.5 Å². The third-order valence-corrected chi connectivity index (χ3v) is 8.51. The van der Waals surface area contributed by atoms with E-state index in [0.29, 0.717) is 41.7 Å². The molecule has 1 atom stereocenters. The van der Waals surface area contributed by atoms with Gasteiger partial charge in [0, 0.05) is 18.8 Å². The predicted molar refractivity (Wildman–Crippen MR) is 131 cm³/mol. The van der Waals surface area contributed by atoms with Gasteiger partial charge in [-0.2, -0.15) is 4.31 Å². The Morgan fingerprint density at radius 2 is 1.94 bits per heavy atom. The molecule has 1 fully saturated rings. The van der Waals surface area contributed by atoms with Crippen molar-refractivity contribution in [2.45, 2.75) is 43.9 Å². The number of benzene rings is 2. The summed E-state index contributed by atoms with van der Waals surface area (Å²) in [6.07, 6.45) is 1.86. The molecular weight excluding hydrogens is 454 g/mol. The number of hydrogen-bond acceptors (Lipinski definition) is 5. The molecule has 1 N–H and O–H groups in total. The molecule has 2 aromatic rings. The maximum atomic E-state index is 13.3. The van der Waals surface area contributed by atoms with Crippen molar-refractivity contribution in [2.24, 2.45) is 5.92 Å². The number of carbonyl (C=O) groups excluding carboxylic acids is 2. The van der Waals surface area contributed by atoms with Crippen LogP contribution in [-0.4, -0.2) is 51.3 Å². The molecule has 1 saturated heterocycles. The third kappa shape index (κ3) is 4.30. The first-order valence-electron chi connectivity index (χ1n) is 11.4. The maximum Gasteiger partial charge on any atom is 0.244 e. The van der Waals surface area contributed by atoms with Crippen LogP contribution in [0.3, 0.4) is 0 Å². The van der Waals surface area contributed by atoms with Crippen LogP contribution in [0.1, 0.15) is 39.2 Å². The number of carbonyl (C=O) groups is 2. The van der Waals surface area contributed by atoms with Crippen molar-refractivity contribution in [3.8, 4) is 5.75 Å². The van der Waals surface area contributed by atoms with Gasteiger partial charge < -0.3 is 15.0 Å². The zero-order valence-corrected chi connectivity index (χ0v) is 20.8. The molecule has 2 amide bonds. The number of piperidine rings is 1. The summed E-state index contributed by atoms with van der Waals surface area (Å²) < 4.78 is 33.4. The average molecular weight is 486 g/mol. The van der Waals surface area contributed by atoms with Gasteiger partial charge in [-0.25, -0.2) is 8.42 Å². The van der Waals surface area contributed by atoms with Crippen molar-refractivity contribution >= 4 is 33.2 Å². The summed E-state index contributed by atoms with van der Waals surface area (Å²) in [7, 11) is -2.14. The predicted octanol–water partition coefficient (Wildman–Crippen LogP) is 3.38. The molecule has 2 heterocycles. The lowest BCUT2D eigenvalue weighted by Gasteiger charge is -2.30. The highest BCUT2D eigenvalue weighted by Crippen LogP contribution is 2.43. The van der Waals surface area contributed by atoms with Gasteiger partial charge in [0.05, 0.1) is 23.1 Å². The van der Waals surface area contributed by atoms with Crippen LogP contribution >= 0.6 is 0 Å². The quantitative estimate of drug-likeness (QED) is 0.677. The number of para-hydroxylation sites is 2. The fraction of sp³-hybridized carbons (Fsp3) is 0.440. The van der Waals surface area contributed by atoms with Gasteiger partial charge in [0.1, 0.15) is 12.3 Å². The van der Waals surface area contributed by atoms with E-state index in [1.165, 1.54) is 22.4 Å². The van der Waals surface area contributed by atoms with Crippen LogP contribution in [0.15, 0.2) is 47.4 Å². The molecular formula is C25H31N3O5S. The van der Waals surface area contributed by atoms with Crippen LogP contribution < -0.4 is 15.0 Å². The summed E-state index contributed by atoms with van der Waals surface area (Å²) in [5.74, 6) is 0.207. The first-order valence-corrected chi connectivity index (χ1v) is 12.9. The molecule has 9 heteroatoms. The van der Waals surface area contributed by atoms with E-state index < -0.39 is 15.4 Å². The highest BCUT2D eigenvalue weighted by atomic mass is 32.2. The van der Waals surface area contributed by atoms with E-state index in [0.717, 1.165) is 12.8 Å². The van der Waals surface area contributed by atoms with E-state index in [2.05, 4.69) is 12.2 Å². The summed E-state index contributed by atoms with van der Waals surface area (Å²) in [5, 5.41) is 2.79. The molecule has 8 nitrogen and oxygen atoms in total. The van der Waals surface area contributed by atoms with E-state index in [-0.39, 0.29) is 23.3 Å². The Bertz CT molecular complexity index is 1220. The van der Waals surface area contributed by atoms with Crippen LogP contribution in [0.25, 0.3) is 0 Å². The highest BCUT2D eigenvalue weighted by Gasteiger charge is 2.45. The largest absolute Gasteiger partial charge is 0.495 e. The van der Waals surface area contributed by atoms with Gasteiger partial charge >= 0.3 is 0 Å². The molecule has 0 aromatic heterocycles. The fourth-order valence-corrected chi connectivity index (χ4v) is 6.35. The summed E-state index contributed by atoms with van der Waals surface area (Å²) >= 11 is 0. The number of ether oxygens (including phenoxy) is 1. The third-order valence-electron chi connectivity index (χ3n) is 6.65. The fourth-order valence-electron chi connectivity index (χ4n) is 4.73. The van der Waals surface area contributed by atoms with Crippen molar-refractivity contribution in [3.63, 3.8) is 0 Å². The lowest BCUT2D eigenvalue weighted by molar-refractivity contribution is -0.124. The minimum Gasteiger partial charge on any atom is -0.495 e. The lowest BCUT2D eigenvalue weighted by Crippen LogP contribution is -2.40. The Balaban J connectivity index is 1.60. The standard InChI is InChI=1S/C25H31N3O5S/c1-17-8-7-13-27(15-17)34(31,32)18-11-12-21-19(14-18)25(2,3)24(30)28(21)16-23(29)26-20-9-5-6-10-22(20)33-4/h5-6,9-12,14,17H,7-8,13,15-16H2,1-4H3,(H,26,29)/t17-/m0/s1. The number of hydrogen-bond donors (Lipinski definition) is 1. The molecule has 2 aromatic carbocycles. The smallest absolute Gasteiger partial charge is 0.244 e. The van der Waals surface area contributed by atoms with E-state index in [9.17, 15) is 18.0 Å². The number of nitrogens with zero attached hydrogens (tertiary/aromatic N) is 2. The van der Waals surface area contributed by atoms with Crippen LogP contribution in [0, 0.1) is 5.92 Å². The second kappa shape index (κ2) is 9.03. The first kappa shape index (κ1) is 24.2. The van der Waals surface area contributed by atoms with E-state index in [1.54, 1.807) is 50.2 Å². The van der Waals surface area contributed by atoms with Crippen molar-refractivity contribution < 1.29 is 22.7 Å². The Morgan fingerprint density at radius 3 is 2.65 bits per heavy atom. The van der Waals surface area contributed by atoms with Gasteiger partial charge in [-0.15, -0.1) is 0 Å². The number of sulfonamides is 1. The summed E-state index contributed by atoms with van der Waals surface area (Å²) in [4.78, 5) is 27.7. The van der Waals surface area contributed by atoms with Crippen LogP contribution in [-0.2, 0) is 25.0 Å². The monoisotopic (exact) mass is 485 g/mol. The zero-order valence-electron chi connectivity index (χ0n) is 20.0. The van der Waals surface area contributed by atoms with Gasteiger partial charge in [0.15, 0.2) is 0 Å². The second-order valence-electron chi connectivity index (χ2n) is 9.55. The Hall–Kier alpha value is -2.91. The van der Waals surface area contributed by atoms with Crippen molar-refractivity contribution in [2.75, 3.05) is 37.0 Å². The molecule has 0 spiro atoms. The van der Waals surface area contributed by atoms with Crippen LogP contribution in [0.4, 0.5) is 11.4 Å². The molecule has 34 heavy (non-hydrogen) atoms. The number of nitrogens with one attached hydrogen (secondary N) is 1. The van der Waals surface area contributed by atoms with Gasteiger partial charge in [-0.3, -0.25) is 9.59 Å². The van der Waals surface area contributed by atoms with Crippen molar-refractivity contribution in [1.29, 1.82) is 0 Å². The Kier molecular flexibility index (Phi) is 6.44. The number of methoxy groups -OCH3 is 1. The molecule has 0 bridgehead atoms. The minimum atomic E-state index is -3.66. The SMILES string of the molecule is COc1ccccc1NC(=O)CN1C(=O)C(C)(C)c2cc(S(=O)(=O)N3CCC[C@H](C)C3)ccc21. The zero-order chi connectivity index (χ0) is 24.7. The van der Waals surface area contributed by atoms with Crippen LogP contribution in [0.5, 0.6) is 5.75 Å². The van der Waals surface area contributed by atoms with E-state index >= 15 is 0 Å². The number of amides is 2. The molecule has 0 radical (unpaired) electrons. The molecule has 4 rings (SSSR count). The molecule has 0 saturated carbocycles. The normalized spacial score (nSPS) is 20.2. The molecule has 0 aliphatic carbocycles. The molecule has 182 valence electrons. The van der Waals surface area contributed by atoms with E-state index in [4.69, 9.17) is 4.74 Å². The van der Waals surface area contributed by atoms with E-state index in [1.807, 2.05) is 0 Å². The number of rotatable bonds is 6. The average Bonchev–Trinajstić information content (AvgIpc) is 2.99. The summed E-state index contributed by atoms with van der Waals surface area (Å²) in [6, 6.07) is 11.8. The van der Waals surface area contributed by atoms with Gasteiger partial charge in [0.25, 0.3) is 0 Å². The summed E-state index contributed by atoms with van der Waals surface area (Å²) in [6.45, 7) is 6.37. The summed E-state index contributed by atoms with van der Waals surface area (Å²) in [5.41, 5.74) is 0.712. The van der Waals surface area contributed by atoms with Crippen molar-refractivity contribution in [3.05, 3.63) is 48.0 Å². The molecule has 0 unspecified atom stereocenters. The second-order valence-corrected chi connectivity index (χ2v) is 11.5. The Labute approximate surface area is 200 Å². The van der Waals surface area contributed by atoms with Crippen molar-refractivity contribution in [1.82, 2.24) is 4.31 Å². The molecule has 2 aliphatic rings. The highest BCUT2D eigenvalue weighted by molar-refractivity contribution is 7.89. The lowest BCUT2D eigenvalue weighted by atomic mass is 9.86. The Morgan fingerprint density at radius 1 is 1.21 bits per heavy atom. The minimum absolute atomic E-state index is 0.182. The van der Waals surface area contributed by atoms with Gasteiger partial charge in [-0.1, -0.05) is 19.1 Å². The first-order chi connectivity index (χ1) is 16.1. The number of anilines is 2. The topological polar surface area (TPSA) is 96.0 Å². The van der Waals surface area contributed by atoms with Crippen LogP contribution in [0.2, 0.25) is 0 Å².